The van der Waals surface area contributed by atoms with Gasteiger partial charge in [0.05, 0.1) is 17.0 Å². The van der Waals surface area contributed by atoms with Crippen LogP contribution < -0.4 is 5.73 Å². The van der Waals surface area contributed by atoms with Gasteiger partial charge in [0.1, 0.15) is 11.6 Å². The summed E-state index contributed by atoms with van der Waals surface area (Å²) in [6, 6.07) is 0. The minimum Gasteiger partial charge on any atom is -0.383 e. The number of hydrogen-bond acceptors (Lipinski definition) is 4. The zero-order chi connectivity index (χ0) is 20.4. The lowest BCUT2D eigenvalue weighted by Gasteiger charge is -2.24. The molecule has 2 aromatic heterocycles. The summed E-state index contributed by atoms with van der Waals surface area (Å²) in [5.41, 5.74) is 8.79. The molecule has 4 rings (SSSR count). The van der Waals surface area contributed by atoms with Gasteiger partial charge >= 0.3 is 0 Å². The van der Waals surface area contributed by atoms with E-state index in [9.17, 15) is 4.79 Å². The van der Waals surface area contributed by atoms with E-state index in [2.05, 4.69) is 42.4 Å². The minimum atomic E-state index is -0.104. The van der Waals surface area contributed by atoms with Crippen LogP contribution in [0.2, 0.25) is 0 Å². The van der Waals surface area contributed by atoms with Crippen molar-refractivity contribution in [3.05, 3.63) is 29.0 Å². The fraction of sp³-hybridized carbons (Fsp3) is 0.650. The van der Waals surface area contributed by atoms with Gasteiger partial charge in [-0.15, -0.1) is 18.5 Å². The van der Waals surface area contributed by atoms with E-state index in [-0.39, 0.29) is 16.1 Å². The van der Waals surface area contributed by atoms with Gasteiger partial charge in [-0.05, 0) is 51.4 Å². The Bertz CT molecular complexity index is 912. The molecule has 0 spiro atoms. The number of Topliss-reactive ketones (excluding diaryl/α,β-unsaturated/α-hetero) is 1. The minimum absolute atomic E-state index is 0.0172. The van der Waals surface area contributed by atoms with Crippen LogP contribution in [-0.2, 0) is 17.4 Å². The van der Waals surface area contributed by atoms with Crippen LogP contribution in [0.5, 0.6) is 0 Å². The maximum Gasteiger partial charge on any atom is 0.165 e. The second-order valence-corrected chi connectivity index (χ2v) is 12.5. The normalized spacial score (nSPS) is 30.0. The van der Waals surface area contributed by atoms with Gasteiger partial charge in [-0.2, -0.15) is 5.10 Å². The number of rotatable bonds is 4. The van der Waals surface area contributed by atoms with Crippen LogP contribution in [0.3, 0.4) is 0 Å². The molecule has 0 amide bonds. The molecular weight excluding hydrogens is 388 g/mol. The highest BCUT2D eigenvalue weighted by Crippen LogP contribution is 2.57. The molecule has 0 bridgehead atoms. The Morgan fingerprint density at radius 2 is 1.96 bits per heavy atom. The van der Waals surface area contributed by atoms with Crippen LogP contribution in [0.15, 0.2) is 6.20 Å². The number of nitrogens with two attached hydrogens (primary N) is 1. The molecule has 152 valence electrons. The van der Waals surface area contributed by atoms with E-state index in [1.807, 2.05) is 13.2 Å². The second-order valence-electron chi connectivity index (χ2n) is 9.40. The first-order valence-corrected chi connectivity index (χ1v) is 11.1. The Hall–Kier alpha value is -1.25. The first-order chi connectivity index (χ1) is 13.0. The fourth-order valence-electron chi connectivity index (χ4n) is 5.48. The standard InChI is InChI=1S/C20H31N5OP2/c1-10(26)15-16(24-25(4)17(15)21)11-5-12-7-19(2,8-13(12)6-11)18-22-9-14(23-18)20(3,27)28/h9,11-13H,5-8,21,27-28H2,1-4H3,(H,22,23). The number of aryl methyl sites for hydroxylation is 1. The van der Waals surface area contributed by atoms with Crippen molar-refractivity contribution in [2.24, 2.45) is 18.9 Å². The van der Waals surface area contributed by atoms with Crippen LogP contribution in [0.4, 0.5) is 5.82 Å². The van der Waals surface area contributed by atoms with Crippen LogP contribution in [-0.4, -0.2) is 25.5 Å². The number of hydrogen-bond donors (Lipinski definition) is 2. The van der Waals surface area contributed by atoms with Gasteiger partial charge in [-0.1, -0.05) is 6.92 Å². The van der Waals surface area contributed by atoms with Crippen LogP contribution in [0, 0.1) is 11.8 Å². The van der Waals surface area contributed by atoms with E-state index in [0.717, 1.165) is 42.9 Å². The van der Waals surface area contributed by atoms with E-state index in [1.54, 1.807) is 11.6 Å². The molecular formula is C20H31N5OP2. The predicted molar refractivity (Wildman–Crippen MR) is 119 cm³/mol. The largest absolute Gasteiger partial charge is 0.383 e. The Balaban J connectivity index is 1.53. The number of H-pyrrole nitrogens is 1. The van der Waals surface area contributed by atoms with Gasteiger partial charge in [0.25, 0.3) is 0 Å². The van der Waals surface area contributed by atoms with Crippen molar-refractivity contribution < 1.29 is 4.79 Å². The monoisotopic (exact) mass is 419 g/mol. The number of aromatic nitrogens is 4. The van der Waals surface area contributed by atoms with Crippen molar-refractivity contribution in [2.45, 2.75) is 62.7 Å². The lowest BCUT2D eigenvalue weighted by atomic mass is 9.83. The number of imidazole rings is 1. The molecule has 4 unspecified atom stereocenters. The van der Waals surface area contributed by atoms with Crippen molar-refractivity contribution in [3.63, 3.8) is 0 Å². The number of nitrogens with zero attached hydrogens (tertiary/aromatic N) is 3. The molecule has 2 fully saturated rings. The van der Waals surface area contributed by atoms with Crippen molar-refractivity contribution in [2.75, 3.05) is 5.73 Å². The Kier molecular flexibility index (Phi) is 4.75. The average Bonchev–Trinajstić information content (AvgIpc) is 3.29. The Morgan fingerprint density at radius 1 is 1.36 bits per heavy atom. The molecule has 2 heterocycles. The number of aromatic amines is 1. The van der Waals surface area contributed by atoms with E-state index in [0.29, 0.717) is 29.1 Å². The van der Waals surface area contributed by atoms with Gasteiger partial charge < -0.3 is 10.7 Å². The molecule has 2 saturated carbocycles. The van der Waals surface area contributed by atoms with E-state index >= 15 is 0 Å². The fourth-order valence-corrected chi connectivity index (χ4v) is 5.78. The lowest BCUT2D eigenvalue weighted by Crippen LogP contribution is -2.21. The third kappa shape index (κ3) is 3.23. The summed E-state index contributed by atoms with van der Waals surface area (Å²) in [6.45, 7) is 6.05. The van der Waals surface area contributed by atoms with Gasteiger partial charge in [0.15, 0.2) is 5.78 Å². The highest BCUT2D eigenvalue weighted by atomic mass is 31.1. The van der Waals surface area contributed by atoms with Crippen LogP contribution in [0.25, 0.3) is 0 Å². The molecule has 0 saturated heterocycles. The smallest absolute Gasteiger partial charge is 0.165 e. The molecule has 2 aliphatic rings. The number of anilines is 1. The topological polar surface area (TPSA) is 89.6 Å². The van der Waals surface area contributed by atoms with Crippen LogP contribution >= 0.6 is 18.5 Å². The lowest BCUT2D eigenvalue weighted by molar-refractivity contribution is 0.101. The van der Waals surface area contributed by atoms with Gasteiger partial charge in [-0.25, -0.2) is 4.98 Å². The molecule has 3 N–H and O–H groups in total. The number of carbonyl (C=O) groups is 1. The van der Waals surface area contributed by atoms with E-state index < -0.39 is 0 Å². The quantitative estimate of drug-likeness (QED) is 0.584. The zero-order valence-corrected chi connectivity index (χ0v) is 19.4. The summed E-state index contributed by atoms with van der Waals surface area (Å²) in [5.74, 6) is 3.23. The molecule has 0 aliphatic heterocycles. The molecule has 6 nitrogen and oxygen atoms in total. The van der Waals surface area contributed by atoms with Crippen molar-refractivity contribution in [1.29, 1.82) is 0 Å². The first kappa shape index (κ1) is 20.0. The summed E-state index contributed by atoms with van der Waals surface area (Å²) in [4.78, 5) is 20.4. The Morgan fingerprint density at radius 3 is 2.46 bits per heavy atom. The highest BCUT2D eigenvalue weighted by molar-refractivity contribution is 7.38. The van der Waals surface area contributed by atoms with Crippen molar-refractivity contribution in [1.82, 2.24) is 19.7 Å². The van der Waals surface area contributed by atoms with E-state index in [1.165, 1.54) is 0 Å². The highest BCUT2D eigenvalue weighted by Gasteiger charge is 2.50. The third-order valence-corrected chi connectivity index (χ3v) is 7.42. The number of nitrogens with one attached hydrogen (secondary N) is 1. The molecule has 28 heavy (non-hydrogen) atoms. The number of fused-ring (bicyclic) bond motifs is 1. The first-order valence-electron chi connectivity index (χ1n) is 9.97. The summed E-state index contributed by atoms with van der Waals surface area (Å²) in [5, 5.41) is 4.61. The summed E-state index contributed by atoms with van der Waals surface area (Å²) >= 11 is 0. The predicted octanol–water partition coefficient (Wildman–Crippen LogP) is 3.71. The molecule has 0 radical (unpaired) electrons. The average molecular weight is 419 g/mol. The number of carbonyl (C=O) groups excluding carboxylic acids is 1. The van der Waals surface area contributed by atoms with Gasteiger partial charge in [0, 0.05) is 29.5 Å². The molecule has 0 aromatic carbocycles. The molecule has 2 aromatic rings. The summed E-state index contributed by atoms with van der Waals surface area (Å²) in [7, 11) is 7.49. The van der Waals surface area contributed by atoms with Gasteiger partial charge in [-0.3, -0.25) is 9.48 Å². The summed E-state index contributed by atoms with van der Waals surface area (Å²) < 4.78 is 1.65. The van der Waals surface area contributed by atoms with Gasteiger partial charge in [0.2, 0.25) is 0 Å². The number of ketones is 1. The molecule has 8 heteroatoms. The Labute approximate surface area is 171 Å². The van der Waals surface area contributed by atoms with E-state index in [4.69, 9.17) is 10.7 Å². The maximum absolute atomic E-state index is 12.1. The molecule has 4 atom stereocenters. The summed E-state index contributed by atoms with van der Waals surface area (Å²) in [6.07, 6.45) is 6.45. The second kappa shape index (κ2) is 6.64. The third-order valence-electron chi connectivity index (χ3n) is 6.83. The van der Waals surface area contributed by atoms with Crippen molar-refractivity contribution in [3.8, 4) is 0 Å². The maximum atomic E-state index is 12.1. The molecule has 2 aliphatic carbocycles. The zero-order valence-electron chi connectivity index (χ0n) is 17.1. The van der Waals surface area contributed by atoms with Crippen molar-refractivity contribution >= 4 is 30.1 Å². The van der Waals surface area contributed by atoms with Crippen LogP contribution in [0.1, 0.15) is 79.9 Å². The number of nitrogen functional groups attached to an aromatic ring is 1. The SMILES string of the molecule is CC(=O)c1c(C2CC3CC(C)(c4nc(C(C)(P)P)c[nH]4)CC3C2)nn(C)c1N.